The first kappa shape index (κ1) is 21.2. The van der Waals surface area contributed by atoms with Gasteiger partial charge < -0.3 is 10.1 Å². The normalized spacial score (nSPS) is 19.0. The Morgan fingerprint density at radius 3 is 2.66 bits per heavy atom. The van der Waals surface area contributed by atoms with Crippen molar-refractivity contribution in [1.82, 2.24) is 5.32 Å². The molecule has 1 aromatic carbocycles. The maximum atomic E-state index is 12.8. The summed E-state index contributed by atoms with van der Waals surface area (Å²) in [6, 6.07) is 10.5. The maximum absolute atomic E-state index is 12.8. The predicted octanol–water partition coefficient (Wildman–Crippen LogP) is 4.54. The molecule has 0 saturated heterocycles. The molecule has 1 atom stereocenters. The number of nitriles is 1. The van der Waals surface area contributed by atoms with E-state index < -0.39 is 5.92 Å². The molecule has 0 bridgehead atoms. The van der Waals surface area contributed by atoms with Gasteiger partial charge in [0, 0.05) is 17.7 Å². The van der Waals surface area contributed by atoms with Gasteiger partial charge in [-0.1, -0.05) is 49.9 Å². The number of nitrogens with zero attached hydrogens (tertiary/aromatic N) is 1. The van der Waals surface area contributed by atoms with Crippen molar-refractivity contribution in [3.8, 4) is 6.07 Å². The van der Waals surface area contributed by atoms with Crippen LogP contribution in [0.2, 0.25) is 0 Å². The number of dihydropyridines is 1. The average Bonchev–Trinajstić information content (AvgIpc) is 2.71. The molecule has 2 aliphatic rings. The number of hydrogen-bond donors (Lipinski definition) is 1. The molecular formula is C23H26N2O3S. The molecule has 0 spiro atoms. The number of carbonyl (C=O) groups excluding carboxylic acids is 2. The van der Waals surface area contributed by atoms with Crippen molar-refractivity contribution < 1.29 is 14.3 Å². The molecule has 0 radical (unpaired) electrons. The fourth-order valence-electron chi connectivity index (χ4n) is 3.78. The minimum Gasteiger partial charge on any atom is -0.465 e. The number of benzene rings is 1. The summed E-state index contributed by atoms with van der Waals surface area (Å²) in [5.41, 5.74) is 4.22. The molecule has 3 rings (SSSR count). The molecular weight excluding hydrogens is 384 g/mol. The fourth-order valence-corrected chi connectivity index (χ4v) is 4.64. The molecule has 5 nitrogen and oxygen atoms in total. The summed E-state index contributed by atoms with van der Waals surface area (Å²) in [6.07, 6.45) is 2.07. The van der Waals surface area contributed by atoms with Gasteiger partial charge in [-0.3, -0.25) is 9.59 Å². The van der Waals surface area contributed by atoms with Crippen LogP contribution in [0.4, 0.5) is 0 Å². The number of rotatable bonds is 6. The van der Waals surface area contributed by atoms with E-state index in [1.807, 2.05) is 12.1 Å². The minimum atomic E-state index is -0.394. The van der Waals surface area contributed by atoms with Gasteiger partial charge in [-0.25, -0.2) is 0 Å². The largest absolute Gasteiger partial charge is 0.465 e. The highest BCUT2D eigenvalue weighted by Crippen LogP contribution is 2.44. The number of ether oxygens (including phenoxy) is 1. The summed E-state index contributed by atoms with van der Waals surface area (Å²) in [6.45, 7) is 6.36. The number of nitrogens with one attached hydrogen (secondary N) is 1. The van der Waals surface area contributed by atoms with E-state index in [1.54, 1.807) is 6.92 Å². The number of ketones is 1. The van der Waals surface area contributed by atoms with Crippen molar-refractivity contribution >= 4 is 23.5 Å². The zero-order valence-corrected chi connectivity index (χ0v) is 17.9. The highest BCUT2D eigenvalue weighted by molar-refractivity contribution is 8.03. The molecule has 1 N–H and O–H groups in total. The minimum absolute atomic E-state index is 0.0962. The van der Waals surface area contributed by atoms with E-state index in [1.165, 1.54) is 17.3 Å². The van der Waals surface area contributed by atoms with E-state index in [0.29, 0.717) is 35.1 Å². The van der Waals surface area contributed by atoms with E-state index >= 15 is 0 Å². The third kappa shape index (κ3) is 4.56. The lowest BCUT2D eigenvalue weighted by molar-refractivity contribution is -0.139. The molecule has 1 heterocycles. The second kappa shape index (κ2) is 9.32. The van der Waals surface area contributed by atoms with Gasteiger partial charge in [0.25, 0.3) is 0 Å². The number of carbonyl (C=O) groups is 2. The van der Waals surface area contributed by atoms with Crippen LogP contribution >= 0.6 is 11.8 Å². The monoisotopic (exact) mass is 410 g/mol. The summed E-state index contributed by atoms with van der Waals surface area (Å²) >= 11 is 1.27. The van der Waals surface area contributed by atoms with Crippen LogP contribution in [0.5, 0.6) is 0 Å². The van der Waals surface area contributed by atoms with Crippen LogP contribution in [0.25, 0.3) is 0 Å². The van der Waals surface area contributed by atoms with Crippen LogP contribution in [0.15, 0.2) is 46.1 Å². The summed E-state index contributed by atoms with van der Waals surface area (Å²) in [5, 5.41) is 13.9. The van der Waals surface area contributed by atoms with Crippen LogP contribution in [-0.2, 0) is 14.3 Å². The molecule has 0 saturated carbocycles. The van der Waals surface area contributed by atoms with E-state index in [0.717, 1.165) is 24.1 Å². The lowest BCUT2D eigenvalue weighted by Crippen LogP contribution is -2.31. The number of Topliss-reactive ketones (excluding diaryl/α,β-unsaturated/α-hetero) is 1. The molecule has 0 amide bonds. The van der Waals surface area contributed by atoms with Crippen molar-refractivity contribution in [2.24, 2.45) is 0 Å². The Morgan fingerprint density at radius 1 is 1.31 bits per heavy atom. The first-order valence-electron chi connectivity index (χ1n) is 10.0. The molecule has 0 fully saturated rings. The summed E-state index contributed by atoms with van der Waals surface area (Å²) in [4.78, 5) is 24.6. The molecule has 0 unspecified atom stereocenters. The first-order valence-corrected chi connectivity index (χ1v) is 11.0. The van der Waals surface area contributed by atoms with Crippen LogP contribution in [0, 0.1) is 11.3 Å². The molecule has 152 valence electrons. The Bertz CT molecular complexity index is 907. The van der Waals surface area contributed by atoms with E-state index in [2.05, 4.69) is 37.4 Å². The average molecular weight is 411 g/mol. The van der Waals surface area contributed by atoms with Gasteiger partial charge in [-0.05, 0) is 36.8 Å². The lowest BCUT2D eigenvalue weighted by Gasteiger charge is -2.33. The summed E-state index contributed by atoms with van der Waals surface area (Å²) in [5.74, 6) is -0.0863. The Morgan fingerprint density at radius 2 is 2.03 bits per heavy atom. The molecule has 1 aliphatic carbocycles. The third-order valence-corrected chi connectivity index (χ3v) is 6.23. The third-order valence-electron chi connectivity index (χ3n) is 5.24. The quantitative estimate of drug-likeness (QED) is 0.694. The van der Waals surface area contributed by atoms with E-state index in [-0.39, 0.29) is 17.5 Å². The second-order valence-corrected chi connectivity index (χ2v) is 8.48. The number of esters is 1. The number of hydrogen-bond acceptors (Lipinski definition) is 6. The van der Waals surface area contributed by atoms with Crippen LogP contribution < -0.4 is 5.32 Å². The molecule has 29 heavy (non-hydrogen) atoms. The summed E-state index contributed by atoms with van der Waals surface area (Å²) < 4.78 is 5.01. The van der Waals surface area contributed by atoms with Crippen molar-refractivity contribution in [2.45, 2.75) is 51.9 Å². The molecule has 1 aromatic rings. The Kier molecular flexibility index (Phi) is 6.81. The highest BCUT2D eigenvalue weighted by atomic mass is 32.2. The van der Waals surface area contributed by atoms with Crippen molar-refractivity contribution in [2.75, 3.05) is 12.4 Å². The first-order chi connectivity index (χ1) is 14.0. The van der Waals surface area contributed by atoms with E-state index in [9.17, 15) is 14.9 Å². The Labute approximate surface area is 176 Å². The molecule has 0 aromatic heterocycles. The lowest BCUT2D eigenvalue weighted by atomic mass is 9.76. The van der Waals surface area contributed by atoms with Gasteiger partial charge in [0.15, 0.2) is 5.78 Å². The Hall–Kier alpha value is -2.52. The summed E-state index contributed by atoms with van der Waals surface area (Å²) in [7, 11) is 0. The topological polar surface area (TPSA) is 79.2 Å². The highest BCUT2D eigenvalue weighted by Gasteiger charge is 2.37. The van der Waals surface area contributed by atoms with Crippen molar-refractivity contribution in [3.63, 3.8) is 0 Å². The molecule has 6 heteroatoms. The van der Waals surface area contributed by atoms with Gasteiger partial charge in [0.1, 0.15) is 0 Å². The standard InChI is InChI=1S/C23H26N2O3S/c1-4-28-20(27)13-29-23-17(12-24)21(16-10-8-15(9-11-16)14(2)3)22-18(25-23)6-5-7-19(22)26/h8-11,14,21,25H,4-7,13H2,1-3H3/t21-/m1/s1. The van der Waals surface area contributed by atoms with Crippen LogP contribution in [0.1, 0.15) is 63.0 Å². The zero-order valence-electron chi connectivity index (χ0n) is 17.1. The smallest absolute Gasteiger partial charge is 0.316 e. The van der Waals surface area contributed by atoms with Gasteiger partial charge in [-0.2, -0.15) is 5.26 Å². The predicted molar refractivity (Wildman–Crippen MR) is 114 cm³/mol. The fraction of sp³-hybridized carbons (Fsp3) is 0.435. The van der Waals surface area contributed by atoms with Gasteiger partial charge >= 0.3 is 5.97 Å². The van der Waals surface area contributed by atoms with Crippen molar-refractivity contribution in [1.29, 1.82) is 5.26 Å². The van der Waals surface area contributed by atoms with Gasteiger partial charge in [0.2, 0.25) is 0 Å². The van der Waals surface area contributed by atoms with Crippen LogP contribution in [-0.4, -0.2) is 24.1 Å². The Balaban J connectivity index is 2.02. The van der Waals surface area contributed by atoms with Gasteiger partial charge in [-0.15, -0.1) is 0 Å². The number of thioether (sulfide) groups is 1. The zero-order chi connectivity index (χ0) is 21.0. The second-order valence-electron chi connectivity index (χ2n) is 7.50. The number of allylic oxidation sites excluding steroid dienone is 3. The van der Waals surface area contributed by atoms with Gasteiger partial charge in [0.05, 0.1) is 34.9 Å². The maximum Gasteiger partial charge on any atom is 0.316 e. The van der Waals surface area contributed by atoms with E-state index in [4.69, 9.17) is 4.74 Å². The van der Waals surface area contributed by atoms with Crippen molar-refractivity contribution in [3.05, 3.63) is 57.3 Å². The SMILES string of the molecule is CCOC(=O)CSC1=C(C#N)[C@@H](c2ccc(C(C)C)cc2)C2=C(CCCC2=O)N1. The molecule has 1 aliphatic heterocycles. The van der Waals surface area contributed by atoms with Crippen LogP contribution in [0.3, 0.4) is 0 Å².